The molecule has 6 heteroatoms. The number of hydrogen-bond acceptors (Lipinski definition) is 6. The van der Waals surface area contributed by atoms with Crippen molar-refractivity contribution in [3.63, 3.8) is 0 Å². The lowest BCUT2D eigenvalue weighted by Crippen LogP contribution is -2.21. The number of hydrogen-bond donors (Lipinski definition) is 1. The third kappa shape index (κ3) is 4.19. The predicted octanol–water partition coefficient (Wildman–Crippen LogP) is 2.25. The molecular weight excluding hydrogens is 270 g/mol. The highest BCUT2D eigenvalue weighted by Gasteiger charge is 2.10. The van der Waals surface area contributed by atoms with Gasteiger partial charge in [-0.05, 0) is 30.5 Å². The van der Waals surface area contributed by atoms with Gasteiger partial charge < -0.3 is 19.7 Å². The van der Waals surface area contributed by atoms with Crippen molar-refractivity contribution < 1.29 is 14.0 Å². The van der Waals surface area contributed by atoms with Crippen LogP contribution in [0.5, 0.6) is 11.5 Å². The van der Waals surface area contributed by atoms with Gasteiger partial charge in [0.1, 0.15) is 0 Å². The zero-order valence-electron chi connectivity index (χ0n) is 12.6. The molecule has 0 saturated heterocycles. The van der Waals surface area contributed by atoms with Crippen molar-refractivity contribution in [1.29, 1.82) is 0 Å². The molecule has 2 N–H and O–H groups in total. The van der Waals surface area contributed by atoms with Gasteiger partial charge in [0.05, 0.1) is 7.11 Å². The fourth-order valence-corrected chi connectivity index (χ4v) is 1.95. The lowest BCUT2D eigenvalue weighted by molar-refractivity contribution is 0.269. The molecule has 21 heavy (non-hydrogen) atoms. The number of rotatable bonds is 7. The minimum atomic E-state index is 0.156. The highest BCUT2D eigenvalue weighted by molar-refractivity contribution is 5.43. The van der Waals surface area contributed by atoms with E-state index in [1.54, 1.807) is 14.0 Å². The Morgan fingerprint density at radius 2 is 2.14 bits per heavy atom. The third-order valence-corrected chi connectivity index (χ3v) is 3.18. The van der Waals surface area contributed by atoms with Gasteiger partial charge in [-0.2, -0.15) is 4.98 Å². The second-order valence-electron chi connectivity index (χ2n) is 4.88. The van der Waals surface area contributed by atoms with Gasteiger partial charge in [-0.15, -0.1) is 0 Å². The molecule has 6 nitrogen and oxygen atoms in total. The molecule has 0 saturated carbocycles. The molecule has 2 rings (SSSR count). The van der Waals surface area contributed by atoms with Gasteiger partial charge in [-0.25, -0.2) is 0 Å². The maximum Gasteiger partial charge on any atom is 0.223 e. The standard InChI is InChI=1S/C15H21N3O3/c1-4-12(16)7-11-5-6-13(14(8-11)19-3)20-9-15-17-10(2)21-18-15/h5-6,8,12H,4,7,9,16H2,1-3H3. The molecule has 1 aromatic carbocycles. The van der Waals surface area contributed by atoms with E-state index in [4.69, 9.17) is 19.7 Å². The fraction of sp³-hybridized carbons (Fsp3) is 0.467. The van der Waals surface area contributed by atoms with Crippen molar-refractivity contribution in [3.05, 3.63) is 35.5 Å². The Kier molecular flexibility index (Phi) is 5.16. The van der Waals surface area contributed by atoms with Crippen molar-refractivity contribution in [3.8, 4) is 11.5 Å². The summed E-state index contributed by atoms with van der Waals surface area (Å²) in [6, 6.07) is 5.98. The van der Waals surface area contributed by atoms with Crippen LogP contribution in [0.2, 0.25) is 0 Å². The number of nitrogens with two attached hydrogens (primary N) is 1. The second kappa shape index (κ2) is 7.08. The smallest absolute Gasteiger partial charge is 0.223 e. The highest BCUT2D eigenvalue weighted by Crippen LogP contribution is 2.29. The number of aromatic nitrogens is 2. The van der Waals surface area contributed by atoms with Crippen LogP contribution in [0.1, 0.15) is 30.6 Å². The van der Waals surface area contributed by atoms with Crippen LogP contribution < -0.4 is 15.2 Å². The number of ether oxygens (including phenoxy) is 2. The first-order chi connectivity index (χ1) is 10.1. The SMILES string of the molecule is CCC(N)Cc1ccc(OCc2noc(C)n2)c(OC)c1. The van der Waals surface area contributed by atoms with Gasteiger partial charge in [0.2, 0.25) is 11.7 Å². The molecule has 0 spiro atoms. The Morgan fingerprint density at radius 3 is 2.76 bits per heavy atom. The van der Waals surface area contributed by atoms with E-state index in [1.165, 1.54) is 0 Å². The van der Waals surface area contributed by atoms with Crippen molar-refractivity contribution in [2.75, 3.05) is 7.11 Å². The predicted molar refractivity (Wildman–Crippen MR) is 78.3 cm³/mol. The zero-order chi connectivity index (χ0) is 15.2. The summed E-state index contributed by atoms with van der Waals surface area (Å²) in [5.41, 5.74) is 7.10. The largest absolute Gasteiger partial charge is 0.493 e. The molecule has 0 radical (unpaired) electrons. The summed E-state index contributed by atoms with van der Waals surface area (Å²) < 4.78 is 15.9. The van der Waals surface area contributed by atoms with E-state index in [-0.39, 0.29) is 12.6 Å². The molecule has 1 heterocycles. The van der Waals surface area contributed by atoms with Gasteiger partial charge in [0.25, 0.3) is 0 Å². The molecule has 0 fully saturated rings. The fourth-order valence-electron chi connectivity index (χ4n) is 1.95. The van der Waals surface area contributed by atoms with Crippen LogP contribution in [0.15, 0.2) is 22.7 Å². The number of methoxy groups -OCH3 is 1. The molecule has 0 amide bonds. The maximum atomic E-state index is 5.97. The Labute approximate surface area is 124 Å². The average molecular weight is 291 g/mol. The first kappa shape index (κ1) is 15.3. The molecule has 114 valence electrons. The molecule has 2 aromatic rings. The van der Waals surface area contributed by atoms with E-state index in [0.717, 1.165) is 18.4 Å². The summed E-state index contributed by atoms with van der Waals surface area (Å²) >= 11 is 0. The lowest BCUT2D eigenvalue weighted by Gasteiger charge is -2.13. The lowest BCUT2D eigenvalue weighted by atomic mass is 10.0. The van der Waals surface area contributed by atoms with Crippen molar-refractivity contribution >= 4 is 0 Å². The first-order valence-electron chi connectivity index (χ1n) is 6.96. The van der Waals surface area contributed by atoms with Crippen LogP contribution >= 0.6 is 0 Å². The minimum Gasteiger partial charge on any atom is -0.493 e. The number of nitrogens with zero attached hydrogens (tertiary/aromatic N) is 2. The summed E-state index contributed by atoms with van der Waals surface area (Å²) in [5.74, 6) is 2.35. The average Bonchev–Trinajstić information content (AvgIpc) is 2.91. The summed E-state index contributed by atoms with van der Waals surface area (Å²) in [6.45, 7) is 4.05. The van der Waals surface area contributed by atoms with Crippen molar-refractivity contribution in [1.82, 2.24) is 10.1 Å². The Hall–Kier alpha value is -2.08. The van der Waals surface area contributed by atoms with E-state index in [1.807, 2.05) is 18.2 Å². The topological polar surface area (TPSA) is 83.4 Å². The van der Waals surface area contributed by atoms with Crippen LogP contribution in [0.25, 0.3) is 0 Å². The minimum absolute atomic E-state index is 0.156. The molecule has 1 atom stereocenters. The van der Waals surface area contributed by atoms with Crippen molar-refractivity contribution in [2.24, 2.45) is 5.73 Å². The van der Waals surface area contributed by atoms with Crippen LogP contribution in [0, 0.1) is 6.92 Å². The van der Waals surface area contributed by atoms with Gasteiger partial charge in [0, 0.05) is 13.0 Å². The molecule has 1 unspecified atom stereocenters. The highest BCUT2D eigenvalue weighted by atomic mass is 16.5. The Morgan fingerprint density at radius 1 is 1.33 bits per heavy atom. The molecule has 1 aromatic heterocycles. The van der Waals surface area contributed by atoms with Crippen LogP contribution in [0.4, 0.5) is 0 Å². The van der Waals surface area contributed by atoms with Crippen LogP contribution in [-0.2, 0) is 13.0 Å². The quantitative estimate of drug-likeness (QED) is 0.842. The first-order valence-corrected chi connectivity index (χ1v) is 6.96. The molecule has 0 bridgehead atoms. The van der Waals surface area contributed by atoms with Gasteiger partial charge >= 0.3 is 0 Å². The normalized spacial score (nSPS) is 12.2. The summed E-state index contributed by atoms with van der Waals surface area (Å²) in [7, 11) is 1.62. The van der Waals surface area contributed by atoms with E-state index in [0.29, 0.717) is 23.2 Å². The molecular formula is C15H21N3O3. The zero-order valence-corrected chi connectivity index (χ0v) is 12.6. The third-order valence-electron chi connectivity index (χ3n) is 3.18. The van der Waals surface area contributed by atoms with Gasteiger partial charge in [-0.1, -0.05) is 18.1 Å². The molecule has 0 aliphatic carbocycles. The second-order valence-corrected chi connectivity index (χ2v) is 4.88. The van der Waals surface area contributed by atoms with E-state index >= 15 is 0 Å². The number of aryl methyl sites for hydroxylation is 1. The molecule has 0 aliphatic rings. The Bertz CT molecular complexity index is 583. The van der Waals surface area contributed by atoms with Crippen LogP contribution in [0.3, 0.4) is 0 Å². The van der Waals surface area contributed by atoms with E-state index < -0.39 is 0 Å². The molecule has 0 aliphatic heterocycles. The monoisotopic (exact) mass is 291 g/mol. The summed E-state index contributed by atoms with van der Waals surface area (Å²) in [5, 5.41) is 3.79. The number of benzene rings is 1. The maximum absolute atomic E-state index is 5.97. The Balaban J connectivity index is 2.05. The van der Waals surface area contributed by atoms with Crippen LogP contribution in [-0.4, -0.2) is 23.3 Å². The summed E-state index contributed by atoms with van der Waals surface area (Å²) in [4.78, 5) is 4.09. The van der Waals surface area contributed by atoms with E-state index in [9.17, 15) is 0 Å². The van der Waals surface area contributed by atoms with Gasteiger partial charge in [-0.3, -0.25) is 0 Å². The van der Waals surface area contributed by atoms with E-state index in [2.05, 4.69) is 17.1 Å². The van der Waals surface area contributed by atoms with Crippen molar-refractivity contribution in [2.45, 2.75) is 39.3 Å². The van der Waals surface area contributed by atoms with Gasteiger partial charge in [0.15, 0.2) is 18.1 Å². The summed E-state index contributed by atoms with van der Waals surface area (Å²) in [6.07, 6.45) is 1.76.